The molecule has 4 nitrogen and oxygen atoms in total. The third-order valence-electron chi connectivity index (χ3n) is 6.82. The highest BCUT2D eigenvalue weighted by molar-refractivity contribution is 7.98. The minimum absolute atomic E-state index is 0.150. The van der Waals surface area contributed by atoms with E-state index in [4.69, 9.17) is 5.73 Å². The molecular weight excluding hydrogens is 374 g/mol. The van der Waals surface area contributed by atoms with Crippen molar-refractivity contribution in [2.75, 3.05) is 26.2 Å². The summed E-state index contributed by atoms with van der Waals surface area (Å²) in [6, 6.07) is 10.7. The van der Waals surface area contributed by atoms with E-state index in [9.17, 15) is 4.79 Å². The van der Waals surface area contributed by atoms with E-state index < -0.39 is 0 Å². The number of piperazine rings is 1. The molecule has 0 unspecified atom stereocenters. The highest BCUT2D eigenvalue weighted by atomic mass is 32.2. The zero-order chi connectivity index (χ0) is 18.2. The molecule has 5 aliphatic rings. The first-order valence-electron chi connectivity index (χ1n) is 9.74. The molecule has 3 heterocycles. The highest BCUT2D eigenvalue weighted by Gasteiger charge is 2.68. The normalized spacial score (nSPS) is 31.5. The van der Waals surface area contributed by atoms with Crippen LogP contribution in [0.4, 0.5) is 0 Å². The van der Waals surface area contributed by atoms with Crippen LogP contribution in [-0.2, 0) is 5.75 Å². The summed E-state index contributed by atoms with van der Waals surface area (Å²) in [6.45, 7) is 3.66. The summed E-state index contributed by atoms with van der Waals surface area (Å²) in [7, 11) is 0. The van der Waals surface area contributed by atoms with Gasteiger partial charge in [0.25, 0.3) is 5.91 Å². The van der Waals surface area contributed by atoms with Gasteiger partial charge < -0.3 is 10.6 Å². The maximum Gasteiger partial charge on any atom is 0.264 e. The fourth-order valence-electron chi connectivity index (χ4n) is 5.49. The van der Waals surface area contributed by atoms with Crippen LogP contribution in [0.5, 0.6) is 0 Å². The number of benzene rings is 1. The average Bonchev–Trinajstić information content (AvgIpc) is 3.09. The van der Waals surface area contributed by atoms with Crippen LogP contribution in [0.15, 0.2) is 35.2 Å². The van der Waals surface area contributed by atoms with Gasteiger partial charge in [0.2, 0.25) is 0 Å². The van der Waals surface area contributed by atoms with Crippen LogP contribution < -0.4 is 5.73 Å². The number of fused-ring (bicyclic) bond motifs is 3. The van der Waals surface area contributed by atoms with E-state index in [0.717, 1.165) is 56.1 Å². The number of thiophene rings is 1. The third-order valence-corrected chi connectivity index (χ3v) is 9.14. The summed E-state index contributed by atoms with van der Waals surface area (Å²) in [4.78, 5) is 21.3. The number of hydrogen-bond acceptors (Lipinski definition) is 5. The highest BCUT2D eigenvalue weighted by Crippen LogP contribution is 2.62. The molecule has 7 rings (SSSR count). The van der Waals surface area contributed by atoms with Crippen LogP contribution in [0.25, 0.3) is 10.4 Å². The summed E-state index contributed by atoms with van der Waals surface area (Å²) >= 11 is 3.55. The van der Waals surface area contributed by atoms with Crippen molar-refractivity contribution in [3.63, 3.8) is 0 Å². The first-order valence-corrected chi connectivity index (χ1v) is 11.5. The van der Waals surface area contributed by atoms with E-state index in [1.807, 2.05) is 11.8 Å². The molecule has 6 heteroatoms. The van der Waals surface area contributed by atoms with Crippen molar-refractivity contribution >= 4 is 29.0 Å². The molecule has 2 bridgehead atoms. The quantitative estimate of drug-likeness (QED) is 0.844. The van der Waals surface area contributed by atoms with Gasteiger partial charge in [0.1, 0.15) is 0 Å². The van der Waals surface area contributed by atoms with Gasteiger partial charge >= 0.3 is 0 Å². The molecule has 4 fully saturated rings. The molecular formula is C21H23N3OS2. The molecule has 1 saturated heterocycles. The molecule has 27 heavy (non-hydrogen) atoms. The van der Waals surface area contributed by atoms with Crippen molar-refractivity contribution in [1.29, 1.82) is 0 Å². The molecule has 1 amide bonds. The zero-order valence-electron chi connectivity index (χ0n) is 15.2. The Bertz CT molecular complexity index is 925. The van der Waals surface area contributed by atoms with Gasteiger partial charge in [-0.2, -0.15) is 0 Å². The lowest BCUT2D eigenvalue weighted by atomic mass is 9.44. The number of amides is 1. The second kappa shape index (κ2) is 5.60. The van der Waals surface area contributed by atoms with Crippen LogP contribution in [0.3, 0.4) is 0 Å². The molecule has 1 aromatic carbocycles. The largest absolute Gasteiger partial charge is 0.335 e. The Balaban J connectivity index is 1.18. The predicted molar refractivity (Wildman–Crippen MR) is 110 cm³/mol. The summed E-state index contributed by atoms with van der Waals surface area (Å²) in [5.41, 5.74) is 9.35. The van der Waals surface area contributed by atoms with E-state index in [1.165, 1.54) is 20.9 Å². The SMILES string of the molecule is NC12CC(N3CCN(C(=O)c4cc5c(s4)-c4ccccc4SC5)CC3)(C1)C2. The Kier molecular flexibility index (Phi) is 3.44. The van der Waals surface area contributed by atoms with E-state index in [-0.39, 0.29) is 11.4 Å². The molecule has 2 aromatic rings. The Morgan fingerprint density at radius 3 is 2.56 bits per heavy atom. The zero-order valence-corrected chi connectivity index (χ0v) is 16.9. The molecule has 3 aliphatic carbocycles. The van der Waals surface area contributed by atoms with Gasteiger partial charge in [0.05, 0.1) is 4.88 Å². The first kappa shape index (κ1) is 16.6. The number of nitrogens with zero attached hydrogens (tertiary/aromatic N) is 2. The third kappa shape index (κ3) is 2.40. The van der Waals surface area contributed by atoms with Crippen LogP contribution in [0, 0.1) is 0 Å². The summed E-state index contributed by atoms with van der Waals surface area (Å²) in [6.07, 6.45) is 3.47. The van der Waals surface area contributed by atoms with Crippen LogP contribution in [-0.4, -0.2) is 53.0 Å². The fourth-order valence-corrected chi connectivity index (χ4v) is 7.87. The van der Waals surface area contributed by atoms with Gasteiger partial charge in [0, 0.05) is 58.3 Å². The lowest BCUT2D eigenvalue weighted by molar-refractivity contribution is -0.169. The van der Waals surface area contributed by atoms with Crippen LogP contribution >= 0.6 is 23.1 Å². The standard InChI is InChI=1S/C21H23N3OS2/c22-20-11-21(12-20,13-20)24-7-5-23(6-8-24)19(25)17-9-14-10-26-16-4-2-1-3-15(16)18(14)27-17/h1-4,9H,5-8,10-13,22H2. The summed E-state index contributed by atoms with van der Waals surface area (Å²) in [5.74, 6) is 1.18. The van der Waals surface area contributed by atoms with Gasteiger partial charge in [-0.15, -0.1) is 23.1 Å². The van der Waals surface area contributed by atoms with Crippen molar-refractivity contribution in [3.8, 4) is 10.4 Å². The van der Waals surface area contributed by atoms with Crippen LogP contribution in [0.2, 0.25) is 0 Å². The van der Waals surface area contributed by atoms with Crippen molar-refractivity contribution in [2.24, 2.45) is 5.73 Å². The molecule has 140 valence electrons. The molecule has 0 spiro atoms. The molecule has 3 saturated carbocycles. The van der Waals surface area contributed by atoms with Gasteiger partial charge in [0.15, 0.2) is 0 Å². The number of thioether (sulfide) groups is 1. The molecule has 2 aliphatic heterocycles. The number of carbonyl (C=O) groups excluding carboxylic acids is 1. The second-order valence-electron chi connectivity index (χ2n) is 8.65. The Hall–Kier alpha value is -1.34. The molecule has 1 aromatic heterocycles. The minimum Gasteiger partial charge on any atom is -0.335 e. The van der Waals surface area contributed by atoms with Gasteiger partial charge in [-0.1, -0.05) is 18.2 Å². The smallest absolute Gasteiger partial charge is 0.264 e. The summed E-state index contributed by atoms with van der Waals surface area (Å²) in [5, 5.41) is 0. The van der Waals surface area contributed by atoms with E-state index in [2.05, 4.69) is 40.1 Å². The van der Waals surface area contributed by atoms with Gasteiger partial charge in [-0.25, -0.2) is 0 Å². The van der Waals surface area contributed by atoms with Crippen molar-refractivity contribution in [3.05, 3.63) is 40.8 Å². The second-order valence-corrected chi connectivity index (χ2v) is 10.7. The molecule has 0 atom stereocenters. The lowest BCUT2D eigenvalue weighted by Crippen LogP contribution is -2.83. The minimum atomic E-state index is 0.150. The fraction of sp³-hybridized carbons (Fsp3) is 0.476. The predicted octanol–water partition coefficient (Wildman–Crippen LogP) is 3.41. The van der Waals surface area contributed by atoms with Gasteiger partial charge in [-0.05, 0) is 37.0 Å². The summed E-state index contributed by atoms with van der Waals surface area (Å²) < 4.78 is 0. The molecule has 0 radical (unpaired) electrons. The first-order chi connectivity index (χ1) is 13.1. The van der Waals surface area contributed by atoms with E-state index >= 15 is 0 Å². The van der Waals surface area contributed by atoms with E-state index in [0.29, 0.717) is 5.54 Å². The maximum absolute atomic E-state index is 13.1. The lowest BCUT2D eigenvalue weighted by Gasteiger charge is -2.73. The average molecular weight is 398 g/mol. The van der Waals surface area contributed by atoms with Crippen molar-refractivity contribution in [1.82, 2.24) is 9.80 Å². The van der Waals surface area contributed by atoms with Crippen molar-refractivity contribution in [2.45, 2.75) is 41.0 Å². The monoisotopic (exact) mass is 397 g/mol. The van der Waals surface area contributed by atoms with Crippen molar-refractivity contribution < 1.29 is 4.79 Å². The van der Waals surface area contributed by atoms with Crippen LogP contribution in [0.1, 0.15) is 34.5 Å². The Labute approximate surface area is 167 Å². The number of nitrogens with two attached hydrogens (primary N) is 1. The maximum atomic E-state index is 13.1. The number of carbonyl (C=O) groups is 1. The van der Waals surface area contributed by atoms with E-state index in [1.54, 1.807) is 11.3 Å². The van der Waals surface area contributed by atoms with Gasteiger partial charge in [-0.3, -0.25) is 9.69 Å². The number of rotatable bonds is 2. The molecule has 2 N–H and O–H groups in total. The Morgan fingerprint density at radius 2 is 1.81 bits per heavy atom. The number of hydrogen-bond donors (Lipinski definition) is 1. The topological polar surface area (TPSA) is 49.6 Å². The Morgan fingerprint density at radius 1 is 1.07 bits per heavy atom.